The van der Waals surface area contributed by atoms with Crippen LogP contribution in [0.2, 0.25) is 0 Å². The van der Waals surface area contributed by atoms with Crippen molar-refractivity contribution in [1.82, 2.24) is 0 Å². The second-order valence-corrected chi connectivity index (χ2v) is 5.45. The van der Waals surface area contributed by atoms with Crippen molar-refractivity contribution in [2.45, 2.75) is 38.5 Å². The average Bonchev–Trinajstić information content (AvgIpc) is 2.99. The first-order chi connectivity index (χ1) is 7.93. The van der Waals surface area contributed by atoms with Crippen molar-refractivity contribution in [3.8, 4) is 0 Å². The van der Waals surface area contributed by atoms with E-state index in [9.17, 15) is 0 Å². The summed E-state index contributed by atoms with van der Waals surface area (Å²) in [6, 6.07) is 4.33. The predicted octanol–water partition coefficient (Wildman–Crippen LogP) is 4.01. The Kier molecular flexibility index (Phi) is 2.83. The van der Waals surface area contributed by atoms with Gasteiger partial charge in [-0.05, 0) is 60.7 Å². The van der Waals surface area contributed by atoms with E-state index in [1.54, 1.807) is 16.7 Å². The standard InChI is InChI=1S/C7H8O.C7H8S/c2*1-2-6-4-5-8-7(6)3-1/h2*4-5H,1-3H2. The van der Waals surface area contributed by atoms with Crippen LogP contribution >= 0.6 is 11.3 Å². The quantitative estimate of drug-likeness (QED) is 0.669. The minimum atomic E-state index is 1.16. The molecule has 2 aromatic rings. The van der Waals surface area contributed by atoms with Gasteiger partial charge in [-0.15, -0.1) is 11.3 Å². The molecule has 0 spiro atoms. The van der Waals surface area contributed by atoms with Crippen molar-refractivity contribution in [2.75, 3.05) is 0 Å². The van der Waals surface area contributed by atoms with Crippen LogP contribution in [0.4, 0.5) is 0 Å². The van der Waals surface area contributed by atoms with Crippen molar-refractivity contribution in [2.24, 2.45) is 0 Å². The largest absolute Gasteiger partial charge is 0.469 e. The molecule has 0 aliphatic heterocycles. The minimum Gasteiger partial charge on any atom is -0.469 e. The van der Waals surface area contributed by atoms with E-state index in [1.807, 2.05) is 11.3 Å². The predicted molar refractivity (Wildman–Crippen MR) is 67.1 cm³/mol. The van der Waals surface area contributed by atoms with Gasteiger partial charge >= 0.3 is 0 Å². The van der Waals surface area contributed by atoms with Gasteiger partial charge in [0.05, 0.1) is 6.26 Å². The molecule has 0 unspecified atom stereocenters. The highest BCUT2D eigenvalue weighted by Crippen LogP contribution is 2.26. The molecule has 0 atom stereocenters. The molecule has 2 aromatic heterocycles. The van der Waals surface area contributed by atoms with Gasteiger partial charge in [0.15, 0.2) is 0 Å². The van der Waals surface area contributed by atoms with Crippen LogP contribution in [0.25, 0.3) is 0 Å². The molecule has 1 nitrogen and oxygen atoms in total. The minimum absolute atomic E-state index is 1.16. The molecule has 4 rings (SSSR count). The first kappa shape index (κ1) is 10.2. The molecule has 0 amide bonds. The fraction of sp³-hybridized carbons (Fsp3) is 0.429. The highest BCUT2D eigenvalue weighted by atomic mass is 32.1. The summed E-state index contributed by atoms with van der Waals surface area (Å²) in [5.74, 6) is 1.21. The highest BCUT2D eigenvalue weighted by Gasteiger charge is 2.11. The van der Waals surface area contributed by atoms with Crippen LogP contribution in [0.15, 0.2) is 28.2 Å². The van der Waals surface area contributed by atoms with Crippen LogP contribution in [0.1, 0.15) is 34.6 Å². The molecule has 0 saturated carbocycles. The third kappa shape index (κ3) is 1.94. The van der Waals surface area contributed by atoms with Crippen molar-refractivity contribution in [3.63, 3.8) is 0 Å². The molecule has 84 valence electrons. The first-order valence-corrected chi connectivity index (χ1v) is 6.92. The molecular weight excluding hydrogens is 216 g/mol. The van der Waals surface area contributed by atoms with Crippen LogP contribution in [0.3, 0.4) is 0 Å². The zero-order valence-corrected chi connectivity index (χ0v) is 10.2. The maximum absolute atomic E-state index is 5.18. The smallest absolute Gasteiger partial charge is 0.106 e. The SMILES string of the molecule is c1cc2c(o1)CCC2.c1cc2c(s1)CCC2. The molecule has 0 bridgehead atoms. The van der Waals surface area contributed by atoms with Gasteiger partial charge in [0.25, 0.3) is 0 Å². The fourth-order valence-electron chi connectivity index (χ4n) is 2.50. The Morgan fingerprint density at radius 3 is 2.69 bits per heavy atom. The third-order valence-corrected chi connectivity index (χ3v) is 4.40. The molecule has 2 aliphatic carbocycles. The Labute approximate surface area is 100 Å². The molecule has 0 aromatic carbocycles. The Morgan fingerprint density at radius 1 is 0.938 bits per heavy atom. The van der Waals surface area contributed by atoms with E-state index in [0.29, 0.717) is 0 Å². The van der Waals surface area contributed by atoms with E-state index in [-0.39, 0.29) is 0 Å². The summed E-state index contributed by atoms with van der Waals surface area (Å²) in [4.78, 5) is 1.63. The van der Waals surface area contributed by atoms with Crippen LogP contribution < -0.4 is 0 Å². The second-order valence-electron chi connectivity index (χ2n) is 4.45. The molecule has 2 heteroatoms. The van der Waals surface area contributed by atoms with Gasteiger partial charge in [-0.1, -0.05) is 0 Å². The Balaban J connectivity index is 0.000000101. The average molecular weight is 232 g/mol. The van der Waals surface area contributed by atoms with E-state index in [2.05, 4.69) is 17.5 Å². The van der Waals surface area contributed by atoms with E-state index in [0.717, 1.165) is 6.42 Å². The summed E-state index contributed by atoms with van der Waals surface area (Å²) in [5.41, 5.74) is 3.03. The van der Waals surface area contributed by atoms with Crippen molar-refractivity contribution in [3.05, 3.63) is 45.5 Å². The summed E-state index contributed by atoms with van der Waals surface area (Å²) in [7, 11) is 0. The van der Waals surface area contributed by atoms with Crippen molar-refractivity contribution in [1.29, 1.82) is 0 Å². The van der Waals surface area contributed by atoms with Gasteiger partial charge in [0.2, 0.25) is 0 Å². The van der Waals surface area contributed by atoms with Gasteiger partial charge < -0.3 is 4.42 Å². The number of furan rings is 1. The molecule has 0 fully saturated rings. The molecule has 16 heavy (non-hydrogen) atoms. The maximum Gasteiger partial charge on any atom is 0.106 e. The molecular formula is C14H16OS. The maximum atomic E-state index is 5.18. The zero-order chi connectivity index (χ0) is 10.8. The second kappa shape index (κ2) is 4.46. The van der Waals surface area contributed by atoms with Crippen LogP contribution in [-0.4, -0.2) is 0 Å². The first-order valence-electron chi connectivity index (χ1n) is 6.04. The number of hydrogen-bond donors (Lipinski definition) is 0. The molecule has 2 aliphatic rings. The lowest BCUT2D eigenvalue weighted by Crippen LogP contribution is -1.66. The number of thiophene rings is 1. The van der Waals surface area contributed by atoms with Gasteiger partial charge in [0.1, 0.15) is 5.76 Å². The Morgan fingerprint density at radius 2 is 1.81 bits per heavy atom. The van der Waals surface area contributed by atoms with E-state index < -0.39 is 0 Å². The van der Waals surface area contributed by atoms with E-state index in [1.165, 1.54) is 43.4 Å². The van der Waals surface area contributed by atoms with Gasteiger partial charge in [-0.25, -0.2) is 0 Å². The lowest BCUT2D eigenvalue weighted by atomic mass is 10.3. The van der Waals surface area contributed by atoms with Crippen molar-refractivity contribution < 1.29 is 4.42 Å². The monoisotopic (exact) mass is 232 g/mol. The van der Waals surface area contributed by atoms with Gasteiger partial charge in [-0.2, -0.15) is 0 Å². The Hall–Kier alpha value is -1.02. The summed E-state index contributed by atoms with van der Waals surface area (Å²) >= 11 is 1.91. The topological polar surface area (TPSA) is 13.1 Å². The number of aryl methyl sites for hydroxylation is 4. The van der Waals surface area contributed by atoms with Gasteiger partial charge in [-0.3, -0.25) is 0 Å². The van der Waals surface area contributed by atoms with E-state index in [4.69, 9.17) is 4.42 Å². The lowest BCUT2D eigenvalue weighted by Gasteiger charge is -1.79. The van der Waals surface area contributed by atoms with Crippen molar-refractivity contribution >= 4 is 11.3 Å². The Bertz CT molecular complexity index is 385. The van der Waals surface area contributed by atoms with E-state index >= 15 is 0 Å². The van der Waals surface area contributed by atoms with Gasteiger partial charge in [0, 0.05) is 11.3 Å². The summed E-state index contributed by atoms with van der Waals surface area (Å²) < 4.78 is 5.18. The lowest BCUT2D eigenvalue weighted by molar-refractivity contribution is 0.515. The zero-order valence-electron chi connectivity index (χ0n) is 9.37. The highest BCUT2D eigenvalue weighted by molar-refractivity contribution is 7.10. The fourth-order valence-corrected chi connectivity index (χ4v) is 3.48. The summed E-state index contributed by atoms with van der Waals surface area (Å²) in [6.45, 7) is 0. The summed E-state index contributed by atoms with van der Waals surface area (Å²) in [6.07, 6.45) is 9.51. The summed E-state index contributed by atoms with van der Waals surface area (Å²) in [5, 5.41) is 2.20. The van der Waals surface area contributed by atoms with Crippen LogP contribution in [0.5, 0.6) is 0 Å². The number of rotatable bonds is 0. The van der Waals surface area contributed by atoms with Crippen LogP contribution in [-0.2, 0) is 25.7 Å². The molecule has 2 heterocycles. The normalized spacial score (nSPS) is 16.5. The molecule has 0 saturated heterocycles. The number of hydrogen-bond acceptors (Lipinski definition) is 2. The number of fused-ring (bicyclic) bond motifs is 2. The molecule has 0 N–H and O–H groups in total. The van der Waals surface area contributed by atoms with Crippen LogP contribution in [0, 0.1) is 0 Å². The third-order valence-electron chi connectivity index (χ3n) is 3.38. The molecule has 0 radical (unpaired) electrons.